The highest BCUT2D eigenvalue weighted by atomic mass is 19.1. The lowest BCUT2D eigenvalue weighted by Crippen LogP contribution is -2.07. The number of nitrogens with zero attached hydrogens (tertiary/aromatic N) is 4. The van der Waals surface area contributed by atoms with Gasteiger partial charge in [-0.15, -0.1) is 10.2 Å². The molecule has 0 aliphatic carbocycles. The van der Waals surface area contributed by atoms with Crippen molar-refractivity contribution < 1.29 is 9.31 Å². The summed E-state index contributed by atoms with van der Waals surface area (Å²) in [6, 6.07) is 3.48. The number of nitro groups is 1. The van der Waals surface area contributed by atoms with E-state index in [-0.39, 0.29) is 11.3 Å². The van der Waals surface area contributed by atoms with Gasteiger partial charge in [0, 0.05) is 19.2 Å². The van der Waals surface area contributed by atoms with Crippen molar-refractivity contribution in [2.24, 2.45) is 0 Å². The van der Waals surface area contributed by atoms with Gasteiger partial charge in [0.25, 0.3) is 5.69 Å². The van der Waals surface area contributed by atoms with Gasteiger partial charge >= 0.3 is 0 Å². The molecule has 0 saturated heterocycles. The van der Waals surface area contributed by atoms with E-state index < -0.39 is 10.7 Å². The fourth-order valence-corrected chi connectivity index (χ4v) is 1.89. The lowest BCUT2D eigenvalue weighted by atomic mass is 10.2. The molecule has 0 aliphatic heterocycles. The van der Waals surface area contributed by atoms with Crippen molar-refractivity contribution in [3.8, 4) is 11.4 Å². The second-order valence-corrected chi connectivity index (χ2v) is 4.04. The summed E-state index contributed by atoms with van der Waals surface area (Å²) in [5, 5.41) is 21.5. The zero-order chi connectivity index (χ0) is 14.7. The zero-order valence-corrected chi connectivity index (χ0v) is 11.1. The summed E-state index contributed by atoms with van der Waals surface area (Å²) in [6.07, 6.45) is 0. The maximum atomic E-state index is 14.0. The van der Waals surface area contributed by atoms with Gasteiger partial charge in [-0.3, -0.25) is 14.7 Å². The van der Waals surface area contributed by atoms with Crippen LogP contribution in [0.5, 0.6) is 0 Å². The molecule has 1 aromatic heterocycles. The van der Waals surface area contributed by atoms with Gasteiger partial charge in [0.05, 0.1) is 16.6 Å². The predicted octanol–water partition coefficient (Wildman–Crippen LogP) is 2.44. The molecule has 0 unspecified atom stereocenters. The molecular formula is C12H14FN5O2. The Labute approximate surface area is 114 Å². The molecule has 0 atom stereocenters. The van der Waals surface area contributed by atoms with Crippen molar-refractivity contribution in [2.75, 3.05) is 11.9 Å². The Morgan fingerprint density at radius 3 is 2.70 bits per heavy atom. The first-order valence-corrected chi connectivity index (χ1v) is 6.19. The van der Waals surface area contributed by atoms with E-state index in [1.54, 1.807) is 4.57 Å². The summed E-state index contributed by atoms with van der Waals surface area (Å²) < 4.78 is 15.7. The van der Waals surface area contributed by atoms with E-state index in [1.807, 2.05) is 13.8 Å². The lowest BCUT2D eigenvalue weighted by molar-refractivity contribution is -0.385. The summed E-state index contributed by atoms with van der Waals surface area (Å²) >= 11 is 0. The van der Waals surface area contributed by atoms with E-state index in [2.05, 4.69) is 15.5 Å². The van der Waals surface area contributed by atoms with Crippen LogP contribution >= 0.6 is 0 Å². The molecule has 7 nitrogen and oxygen atoms in total. The van der Waals surface area contributed by atoms with Gasteiger partial charge in [-0.05, 0) is 19.9 Å². The van der Waals surface area contributed by atoms with Gasteiger partial charge in [0.1, 0.15) is 5.82 Å². The van der Waals surface area contributed by atoms with Crippen molar-refractivity contribution in [1.29, 1.82) is 0 Å². The molecule has 20 heavy (non-hydrogen) atoms. The SMILES string of the molecule is CCNc1nnc(-c2ccc([N+](=O)[O-])cc2F)n1CC. The molecule has 0 saturated carbocycles. The minimum absolute atomic E-state index is 0.189. The Morgan fingerprint density at radius 1 is 1.40 bits per heavy atom. The Kier molecular flexibility index (Phi) is 3.92. The third kappa shape index (κ3) is 2.44. The van der Waals surface area contributed by atoms with Crippen LogP contribution in [0, 0.1) is 15.9 Å². The highest BCUT2D eigenvalue weighted by Crippen LogP contribution is 2.26. The molecule has 0 bridgehead atoms. The third-order valence-electron chi connectivity index (χ3n) is 2.81. The monoisotopic (exact) mass is 279 g/mol. The number of benzene rings is 1. The maximum absolute atomic E-state index is 14.0. The number of rotatable bonds is 5. The number of aromatic nitrogens is 3. The molecule has 0 fully saturated rings. The molecule has 0 radical (unpaired) electrons. The molecule has 2 aromatic rings. The van der Waals surface area contributed by atoms with Crippen LogP contribution in [0.15, 0.2) is 18.2 Å². The molecule has 0 aliphatic rings. The zero-order valence-electron chi connectivity index (χ0n) is 11.1. The number of nitrogens with one attached hydrogen (secondary N) is 1. The Bertz CT molecular complexity index is 641. The third-order valence-corrected chi connectivity index (χ3v) is 2.81. The van der Waals surface area contributed by atoms with E-state index in [1.165, 1.54) is 12.1 Å². The molecule has 2 rings (SSSR count). The normalized spacial score (nSPS) is 10.6. The smallest absolute Gasteiger partial charge is 0.272 e. The van der Waals surface area contributed by atoms with Crippen LogP contribution in [0.2, 0.25) is 0 Å². The van der Waals surface area contributed by atoms with Crippen LogP contribution in [0.3, 0.4) is 0 Å². The topological polar surface area (TPSA) is 85.9 Å². The first-order valence-electron chi connectivity index (χ1n) is 6.19. The van der Waals surface area contributed by atoms with E-state index in [0.717, 1.165) is 6.07 Å². The summed E-state index contributed by atoms with van der Waals surface area (Å²) in [4.78, 5) is 9.97. The standard InChI is InChI=1S/C12H14FN5O2/c1-3-14-12-16-15-11(17(12)4-2)9-6-5-8(18(19)20)7-10(9)13/h5-7H,3-4H2,1-2H3,(H,14,16). The highest BCUT2D eigenvalue weighted by molar-refractivity contribution is 5.60. The second kappa shape index (κ2) is 5.64. The van der Waals surface area contributed by atoms with Crippen LogP contribution in [0.1, 0.15) is 13.8 Å². The van der Waals surface area contributed by atoms with Crippen molar-refractivity contribution in [2.45, 2.75) is 20.4 Å². The number of hydrogen-bond donors (Lipinski definition) is 1. The van der Waals surface area contributed by atoms with Crippen molar-refractivity contribution in [3.05, 3.63) is 34.1 Å². The van der Waals surface area contributed by atoms with E-state index in [9.17, 15) is 14.5 Å². The Morgan fingerprint density at radius 2 is 2.15 bits per heavy atom. The van der Waals surface area contributed by atoms with Gasteiger partial charge in [-0.1, -0.05) is 0 Å². The quantitative estimate of drug-likeness (QED) is 0.671. The van der Waals surface area contributed by atoms with Crippen molar-refractivity contribution >= 4 is 11.6 Å². The average molecular weight is 279 g/mol. The second-order valence-electron chi connectivity index (χ2n) is 4.04. The largest absolute Gasteiger partial charge is 0.355 e. The first-order chi connectivity index (χ1) is 9.58. The fourth-order valence-electron chi connectivity index (χ4n) is 1.89. The van der Waals surface area contributed by atoms with Crippen LogP contribution in [0.4, 0.5) is 16.0 Å². The van der Waals surface area contributed by atoms with Gasteiger partial charge in [0.15, 0.2) is 5.82 Å². The van der Waals surface area contributed by atoms with Crippen LogP contribution in [-0.4, -0.2) is 26.2 Å². The van der Waals surface area contributed by atoms with Crippen LogP contribution < -0.4 is 5.32 Å². The van der Waals surface area contributed by atoms with Crippen molar-refractivity contribution in [1.82, 2.24) is 14.8 Å². The maximum Gasteiger partial charge on any atom is 0.272 e. The van der Waals surface area contributed by atoms with Gasteiger partial charge in [0.2, 0.25) is 5.95 Å². The highest BCUT2D eigenvalue weighted by Gasteiger charge is 2.18. The number of halogens is 1. The minimum Gasteiger partial charge on any atom is -0.355 e. The van der Waals surface area contributed by atoms with E-state index >= 15 is 0 Å². The van der Waals surface area contributed by atoms with Gasteiger partial charge < -0.3 is 5.32 Å². The summed E-state index contributed by atoms with van der Waals surface area (Å²) in [6.45, 7) is 5.03. The van der Waals surface area contributed by atoms with Crippen LogP contribution in [-0.2, 0) is 6.54 Å². The Hall–Kier alpha value is -2.51. The molecule has 0 amide bonds. The molecule has 1 aromatic carbocycles. The summed E-state index contributed by atoms with van der Waals surface area (Å²) in [5.41, 5.74) is -0.102. The minimum atomic E-state index is -0.690. The number of hydrogen-bond acceptors (Lipinski definition) is 5. The van der Waals surface area contributed by atoms with E-state index in [0.29, 0.717) is 24.9 Å². The lowest BCUT2D eigenvalue weighted by Gasteiger charge is -2.08. The molecule has 0 spiro atoms. The van der Waals surface area contributed by atoms with Gasteiger partial charge in [-0.25, -0.2) is 4.39 Å². The average Bonchev–Trinajstić information content (AvgIpc) is 2.81. The molecule has 8 heteroatoms. The predicted molar refractivity (Wildman–Crippen MR) is 71.9 cm³/mol. The molecule has 106 valence electrons. The molecular weight excluding hydrogens is 265 g/mol. The van der Waals surface area contributed by atoms with E-state index in [4.69, 9.17) is 0 Å². The number of anilines is 1. The molecule has 1 N–H and O–H groups in total. The number of nitro benzene ring substituents is 1. The Balaban J connectivity index is 2.49. The summed E-state index contributed by atoms with van der Waals surface area (Å²) in [5.74, 6) is 0.197. The summed E-state index contributed by atoms with van der Waals surface area (Å²) in [7, 11) is 0. The first kappa shape index (κ1) is 13.9. The van der Waals surface area contributed by atoms with Crippen molar-refractivity contribution in [3.63, 3.8) is 0 Å². The fraction of sp³-hybridized carbons (Fsp3) is 0.333. The van der Waals surface area contributed by atoms with Crippen LogP contribution in [0.25, 0.3) is 11.4 Å². The molecule has 1 heterocycles. The number of non-ortho nitro benzene ring substituents is 1. The van der Waals surface area contributed by atoms with Gasteiger partial charge in [-0.2, -0.15) is 0 Å².